The van der Waals surface area contributed by atoms with Crippen LogP contribution in [0.2, 0.25) is 0 Å². The van der Waals surface area contributed by atoms with Crippen LogP contribution in [0.15, 0.2) is 48.7 Å². The highest BCUT2D eigenvalue weighted by Crippen LogP contribution is 2.29. The number of anilines is 4. The number of para-hydroxylation sites is 2. The number of nitrogens with zero attached hydrogens (tertiary/aromatic N) is 5. The highest BCUT2D eigenvalue weighted by molar-refractivity contribution is 5.60. The fourth-order valence-corrected chi connectivity index (χ4v) is 3.52. The Labute approximate surface area is 171 Å². The predicted molar refractivity (Wildman–Crippen MR) is 116 cm³/mol. The van der Waals surface area contributed by atoms with E-state index in [1.54, 1.807) is 13.3 Å². The van der Waals surface area contributed by atoms with Gasteiger partial charge in [0.2, 0.25) is 5.95 Å². The van der Waals surface area contributed by atoms with Crippen LogP contribution in [0, 0.1) is 13.8 Å². The largest absolute Gasteiger partial charge is 0.495 e. The molecule has 1 aliphatic rings. The van der Waals surface area contributed by atoms with E-state index in [4.69, 9.17) is 4.74 Å². The first-order valence-corrected chi connectivity index (χ1v) is 9.81. The molecule has 0 aliphatic carbocycles. The van der Waals surface area contributed by atoms with Crippen LogP contribution in [0.1, 0.15) is 11.1 Å². The van der Waals surface area contributed by atoms with Gasteiger partial charge >= 0.3 is 0 Å². The van der Waals surface area contributed by atoms with Crippen LogP contribution >= 0.6 is 0 Å². The lowest BCUT2D eigenvalue weighted by Crippen LogP contribution is -2.47. The first-order chi connectivity index (χ1) is 14.1. The molecular weight excluding hydrogens is 364 g/mol. The number of rotatable bonds is 5. The zero-order chi connectivity index (χ0) is 20.2. The number of benzene rings is 2. The number of hydrogen-bond donors (Lipinski definition) is 1. The molecule has 1 N–H and O–H groups in total. The van der Waals surface area contributed by atoms with Gasteiger partial charge in [0, 0.05) is 31.9 Å². The Morgan fingerprint density at radius 3 is 2.45 bits per heavy atom. The van der Waals surface area contributed by atoms with Gasteiger partial charge in [-0.2, -0.15) is 10.1 Å². The second kappa shape index (κ2) is 8.34. The van der Waals surface area contributed by atoms with E-state index in [1.807, 2.05) is 24.3 Å². The van der Waals surface area contributed by atoms with Crippen LogP contribution in [0.25, 0.3) is 0 Å². The Morgan fingerprint density at radius 1 is 0.931 bits per heavy atom. The van der Waals surface area contributed by atoms with Gasteiger partial charge in [-0.25, -0.2) is 0 Å². The zero-order valence-corrected chi connectivity index (χ0v) is 17.1. The molecule has 3 aromatic rings. The number of aromatic nitrogens is 3. The highest BCUT2D eigenvalue weighted by atomic mass is 16.5. The summed E-state index contributed by atoms with van der Waals surface area (Å²) in [6.07, 6.45) is 1.73. The molecular formula is C22H26N6O. The normalized spacial score (nSPS) is 14.0. The smallest absolute Gasteiger partial charge is 0.249 e. The average Bonchev–Trinajstić information content (AvgIpc) is 2.76. The molecule has 1 fully saturated rings. The standard InChI is InChI=1S/C22H26N6O/c1-16-8-9-18(14-17(16)2)24-22-25-21(15-23-26-22)28-12-10-27(11-13-28)19-6-4-5-7-20(19)29-3/h4-9,14-15H,10-13H2,1-3H3,(H,24,25,26). The zero-order valence-electron chi connectivity index (χ0n) is 17.1. The summed E-state index contributed by atoms with van der Waals surface area (Å²) >= 11 is 0. The summed E-state index contributed by atoms with van der Waals surface area (Å²) in [6.45, 7) is 7.70. The van der Waals surface area contributed by atoms with Gasteiger partial charge in [0.05, 0.1) is 19.0 Å². The quantitative estimate of drug-likeness (QED) is 0.714. The van der Waals surface area contributed by atoms with Crippen LogP contribution in [0.3, 0.4) is 0 Å². The van der Waals surface area contributed by atoms with E-state index in [0.717, 1.165) is 49.1 Å². The van der Waals surface area contributed by atoms with E-state index < -0.39 is 0 Å². The minimum Gasteiger partial charge on any atom is -0.495 e. The number of piperazine rings is 1. The molecule has 0 saturated carbocycles. The van der Waals surface area contributed by atoms with E-state index in [-0.39, 0.29) is 0 Å². The number of aryl methyl sites for hydroxylation is 2. The van der Waals surface area contributed by atoms with Crippen molar-refractivity contribution in [2.45, 2.75) is 13.8 Å². The molecule has 0 spiro atoms. The third-order valence-corrected chi connectivity index (χ3v) is 5.34. The second-order valence-electron chi connectivity index (χ2n) is 7.21. The minimum atomic E-state index is 0.512. The molecule has 29 heavy (non-hydrogen) atoms. The van der Waals surface area contributed by atoms with Crippen LogP contribution in [0.5, 0.6) is 5.75 Å². The van der Waals surface area contributed by atoms with Crippen molar-refractivity contribution >= 4 is 23.1 Å². The Balaban J connectivity index is 1.43. The van der Waals surface area contributed by atoms with Gasteiger partial charge in [-0.05, 0) is 49.2 Å². The van der Waals surface area contributed by atoms with Crippen molar-refractivity contribution in [3.8, 4) is 5.75 Å². The molecule has 0 radical (unpaired) electrons. The molecule has 2 heterocycles. The fraction of sp³-hybridized carbons (Fsp3) is 0.318. The molecule has 0 atom stereocenters. The maximum absolute atomic E-state index is 5.50. The van der Waals surface area contributed by atoms with Gasteiger partial charge in [-0.3, -0.25) is 0 Å². The maximum Gasteiger partial charge on any atom is 0.249 e. The van der Waals surface area contributed by atoms with Crippen molar-refractivity contribution in [2.75, 3.05) is 48.4 Å². The summed E-state index contributed by atoms with van der Waals surface area (Å²) in [5.41, 5.74) is 4.59. The van der Waals surface area contributed by atoms with Crippen molar-refractivity contribution in [1.29, 1.82) is 0 Å². The molecule has 7 nitrogen and oxygen atoms in total. The molecule has 0 unspecified atom stereocenters. The fourth-order valence-electron chi connectivity index (χ4n) is 3.52. The van der Waals surface area contributed by atoms with Crippen LogP contribution < -0.4 is 19.9 Å². The Morgan fingerprint density at radius 2 is 1.69 bits per heavy atom. The molecule has 150 valence electrons. The number of ether oxygens (including phenoxy) is 1. The van der Waals surface area contributed by atoms with Crippen LogP contribution in [-0.2, 0) is 0 Å². The third kappa shape index (κ3) is 4.23. The summed E-state index contributed by atoms with van der Waals surface area (Å²) in [5, 5.41) is 11.6. The molecule has 4 rings (SSSR count). The van der Waals surface area contributed by atoms with Gasteiger partial charge in [-0.15, -0.1) is 5.10 Å². The summed E-state index contributed by atoms with van der Waals surface area (Å²) < 4.78 is 5.50. The van der Waals surface area contributed by atoms with E-state index in [9.17, 15) is 0 Å². The van der Waals surface area contributed by atoms with E-state index in [1.165, 1.54) is 11.1 Å². The average molecular weight is 390 g/mol. The third-order valence-electron chi connectivity index (χ3n) is 5.34. The highest BCUT2D eigenvalue weighted by Gasteiger charge is 2.21. The number of hydrogen-bond acceptors (Lipinski definition) is 7. The van der Waals surface area contributed by atoms with Gasteiger partial charge in [0.15, 0.2) is 5.82 Å². The first-order valence-electron chi connectivity index (χ1n) is 9.81. The van der Waals surface area contributed by atoms with Crippen molar-refractivity contribution < 1.29 is 4.74 Å². The van der Waals surface area contributed by atoms with Crippen molar-refractivity contribution in [3.63, 3.8) is 0 Å². The predicted octanol–water partition coefficient (Wildman–Crippen LogP) is 3.57. The Bertz CT molecular complexity index is 985. The van der Waals surface area contributed by atoms with Crippen molar-refractivity contribution in [2.24, 2.45) is 0 Å². The van der Waals surface area contributed by atoms with Gasteiger partial charge < -0.3 is 19.9 Å². The molecule has 7 heteroatoms. The molecule has 1 aliphatic heterocycles. The van der Waals surface area contributed by atoms with Gasteiger partial charge in [-0.1, -0.05) is 18.2 Å². The molecule has 0 amide bonds. The lowest BCUT2D eigenvalue weighted by Gasteiger charge is -2.37. The van der Waals surface area contributed by atoms with Crippen LogP contribution in [0.4, 0.5) is 23.1 Å². The van der Waals surface area contributed by atoms with E-state index >= 15 is 0 Å². The Hall–Kier alpha value is -3.35. The maximum atomic E-state index is 5.50. The van der Waals surface area contributed by atoms with Gasteiger partial charge in [0.25, 0.3) is 0 Å². The summed E-state index contributed by atoms with van der Waals surface area (Å²) in [7, 11) is 1.71. The summed E-state index contributed by atoms with van der Waals surface area (Å²) in [6, 6.07) is 14.4. The second-order valence-corrected chi connectivity index (χ2v) is 7.21. The summed E-state index contributed by atoms with van der Waals surface area (Å²) in [4.78, 5) is 9.26. The monoisotopic (exact) mass is 390 g/mol. The van der Waals surface area contributed by atoms with E-state index in [2.05, 4.69) is 62.3 Å². The molecule has 2 aromatic carbocycles. The van der Waals surface area contributed by atoms with Crippen molar-refractivity contribution in [3.05, 3.63) is 59.8 Å². The topological polar surface area (TPSA) is 66.4 Å². The van der Waals surface area contributed by atoms with E-state index in [0.29, 0.717) is 5.95 Å². The van der Waals surface area contributed by atoms with Crippen molar-refractivity contribution in [1.82, 2.24) is 15.2 Å². The van der Waals surface area contributed by atoms with Crippen LogP contribution in [-0.4, -0.2) is 48.5 Å². The lowest BCUT2D eigenvalue weighted by atomic mass is 10.1. The SMILES string of the molecule is COc1ccccc1N1CCN(c2cnnc(Nc3ccc(C)c(C)c3)n2)CC1. The Kier molecular flexibility index (Phi) is 5.46. The number of nitrogens with one attached hydrogen (secondary N) is 1. The first kappa shape index (κ1) is 19.0. The number of methoxy groups -OCH3 is 1. The molecule has 0 bridgehead atoms. The minimum absolute atomic E-state index is 0.512. The lowest BCUT2D eigenvalue weighted by molar-refractivity contribution is 0.413. The van der Waals surface area contributed by atoms with Gasteiger partial charge in [0.1, 0.15) is 5.75 Å². The molecule has 1 saturated heterocycles. The molecule has 1 aromatic heterocycles. The summed E-state index contributed by atoms with van der Waals surface area (Å²) in [5.74, 6) is 2.26.